The summed E-state index contributed by atoms with van der Waals surface area (Å²) in [5, 5.41) is 2.58. The molecule has 0 unspecified atom stereocenters. The minimum Gasteiger partial charge on any atom is -0.397 e. The molecule has 4 nitrogen and oxygen atoms in total. The van der Waals surface area contributed by atoms with Crippen LogP contribution in [0, 0.1) is 5.92 Å². The minimum absolute atomic E-state index is 0.102. The van der Waals surface area contributed by atoms with E-state index < -0.39 is 0 Å². The Morgan fingerprint density at radius 3 is 2.67 bits per heavy atom. The smallest absolute Gasteiger partial charge is 0.255 e. The van der Waals surface area contributed by atoms with Gasteiger partial charge in [0.15, 0.2) is 5.78 Å². The second-order valence-electron chi connectivity index (χ2n) is 4.16. The van der Waals surface area contributed by atoms with Crippen LogP contribution in [0.15, 0.2) is 4.21 Å². The molecule has 1 heterocycles. The van der Waals surface area contributed by atoms with Crippen molar-refractivity contribution < 1.29 is 9.59 Å². The van der Waals surface area contributed by atoms with Crippen LogP contribution in [0.4, 0.5) is 5.69 Å². The highest BCUT2D eigenvalue weighted by Crippen LogP contribution is 2.42. The molecule has 0 spiro atoms. The largest absolute Gasteiger partial charge is 0.397 e. The van der Waals surface area contributed by atoms with Gasteiger partial charge >= 0.3 is 0 Å². The van der Waals surface area contributed by atoms with Crippen LogP contribution in [0.2, 0.25) is 0 Å². The van der Waals surface area contributed by atoms with Gasteiger partial charge in [0.2, 0.25) is 0 Å². The molecule has 6 heteroatoms. The monoisotopic (exact) mass is 284 g/mol. The summed E-state index contributed by atoms with van der Waals surface area (Å²) in [6, 6.07) is 0. The van der Waals surface area contributed by atoms with Gasteiger partial charge in [-0.15, -0.1) is 23.1 Å². The van der Waals surface area contributed by atoms with E-state index in [2.05, 4.69) is 5.32 Å². The molecule has 3 N–H and O–H groups in total. The zero-order valence-corrected chi connectivity index (χ0v) is 12.0. The Morgan fingerprint density at radius 2 is 2.17 bits per heavy atom. The van der Waals surface area contributed by atoms with Crippen LogP contribution in [0.5, 0.6) is 0 Å². The first kappa shape index (κ1) is 13.4. The number of rotatable bonds is 5. The van der Waals surface area contributed by atoms with E-state index in [1.54, 1.807) is 18.8 Å². The Bertz CT molecular complexity index is 493. The predicted molar refractivity (Wildman–Crippen MR) is 75.6 cm³/mol. The first-order valence-electron chi connectivity index (χ1n) is 5.91. The highest BCUT2D eigenvalue weighted by molar-refractivity contribution is 8.01. The van der Waals surface area contributed by atoms with Crippen molar-refractivity contribution in [1.29, 1.82) is 0 Å². The number of hydrogen-bond donors (Lipinski definition) is 2. The number of anilines is 1. The number of nitrogens with two attached hydrogens (primary N) is 1. The molecule has 98 valence electrons. The number of ketones is 1. The molecule has 0 atom stereocenters. The van der Waals surface area contributed by atoms with Crippen LogP contribution in [0.25, 0.3) is 0 Å². The lowest BCUT2D eigenvalue weighted by molar-refractivity contribution is 0.0961. The molecule has 0 bridgehead atoms. The van der Waals surface area contributed by atoms with E-state index in [0.29, 0.717) is 16.1 Å². The van der Waals surface area contributed by atoms with Gasteiger partial charge < -0.3 is 11.1 Å². The maximum absolute atomic E-state index is 12.1. The first-order valence-corrected chi connectivity index (χ1v) is 7.71. The molecule has 1 amide bonds. The number of Topliss-reactive ketones (excluding diaryl/α,β-unsaturated/α-hetero) is 1. The zero-order valence-electron chi connectivity index (χ0n) is 10.4. The van der Waals surface area contributed by atoms with Crippen LogP contribution in [0.1, 0.15) is 39.8 Å². The summed E-state index contributed by atoms with van der Waals surface area (Å²) < 4.78 is 0.846. The molecule has 1 saturated carbocycles. The average molecular weight is 284 g/mol. The van der Waals surface area contributed by atoms with E-state index in [1.165, 1.54) is 11.3 Å². The van der Waals surface area contributed by atoms with E-state index in [1.807, 2.05) is 6.92 Å². The number of carbonyl (C=O) groups excluding carboxylic acids is 2. The molecule has 1 aromatic heterocycles. The van der Waals surface area contributed by atoms with Gasteiger partial charge in [0.25, 0.3) is 5.91 Å². The second kappa shape index (κ2) is 5.32. The summed E-state index contributed by atoms with van der Waals surface area (Å²) >= 11 is 2.91. The van der Waals surface area contributed by atoms with Crippen LogP contribution in [-0.4, -0.2) is 24.5 Å². The zero-order chi connectivity index (χ0) is 13.3. The fraction of sp³-hybridized carbons (Fsp3) is 0.500. The number of nitrogen functional groups attached to an aromatic ring is 1. The van der Waals surface area contributed by atoms with E-state index in [9.17, 15) is 9.59 Å². The predicted octanol–water partition coefficient (Wildman–Crippen LogP) is 2.39. The number of thioether (sulfide) groups is 1. The Labute approximate surface area is 114 Å². The lowest BCUT2D eigenvalue weighted by Crippen LogP contribution is -2.19. The van der Waals surface area contributed by atoms with E-state index in [-0.39, 0.29) is 17.6 Å². The molecule has 1 aliphatic rings. The van der Waals surface area contributed by atoms with Gasteiger partial charge in [-0.3, -0.25) is 9.59 Å². The number of carbonyl (C=O) groups is 2. The summed E-state index contributed by atoms with van der Waals surface area (Å²) in [6.07, 6.45) is 1.89. The van der Waals surface area contributed by atoms with Crippen LogP contribution >= 0.6 is 23.1 Å². The molecule has 0 aliphatic heterocycles. The van der Waals surface area contributed by atoms with Gasteiger partial charge in [-0.05, 0) is 18.6 Å². The molecule has 1 aliphatic carbocycles. The molecule has 0 aromatic carbocycles. The highest BCUT2D eigenvalue weighted by atomic mass is 32.2. The molecular formula is C12H16N2O2S2. The Morgan fingerprint density at radius 1 is 1.50 bits per heavy atom. The Hall–Kier alpha value is -1.01. The van der Waals surface area contributed by atoms with Gasteiger partial charge in [-0.2, -0.15) is 0 Å². The van der Waals surface area contributed by atoms with Crippen molar-refractivity contribution in [2.45, 2.75) is 24.0 Å². The van der Waals surface area contributed by atoms with Crippen LogP contribution in [-0.2, 0) is 0 Å². The SMILES string of the molecule is CCSc1sc(C(=O)C2CC2)c(N)c1C(=O)NC. The third-order valence-electron chi connectivity index (χ3n) is 2.81. The molecule has 2 rings (SSSR count). The van der Waals surface area contributed by atoms with Crippen molar-refractivity contribution in [2.75, 3.05) is 18.5 Å². The average Bonchev–Trinajstić information content (AvgIpc) is 3.14. The van der Waals surface area contributed by atoms with Crippen molar-refractivity contribution in [1.82, 2.24) is 5.32 Å². The van der Waals surface area contributed by atoms with E-state index in [0.717, 1.165) is 22.8 Å². The van der Waals surface area contributed by atoms with Gasteiger partial charge in [0.1, 0.15) is 0 Å². The summed E-state index contributed by atoms with van der Waals surface area (Å²) in [7, 11) is 1.57. The lowest BCUT2D eigenvalue weighted by Gasteiger charge is -2.02. The summed E-state index contributed by atoms with van der Waals surface area (Å²) in [5.41, 5.74) is 6.82. The van der Waals surface area contributed by atoms with Crippen LogP contribution in [0.3, 0.4) is 0 Å². The third-order valence-corrected chi connectivity index (χ3v) is 5.19. The number of hydrogen-bond acceptors (Lipinski definition) is 5. The molecule has 0 radical (unpaired) electrons. The minimum atomic E-state index is -0.213. The van der Waals surface area contributed by atoms with Crippen molar-refractivity contribution in [3.8, 4) is 0 Å². The fourth-order valence-electron chi connectivity index (χ4n) is 1.71. The third kappa shape index (κ3) is 2.40. The normalized spacial score (nSPS) is 14.6. The summed E-state index contributed by atoms with van der Waals surface area (Å²) in [5.74, 6) is 0.865. The maximum Gasteiger partial charge on any atom is 0.255 e. The molecule has 1 fully saturated rings. The van der Waals surface area contributed by atoms with Crippen LogP contribution < -0.4 is 11.1 Å². The molecular weight excluding hydrogens is 268 g/mol. The molecule has 0 saturated heterocycles. The highest BCUT2D eigenvalue weighted by Gasteiger charge is 2.34. The lowest BCUT2D eigenvalue weighted by atomic mass is 10.1. The number of amides is 1. The van der Waals surface area contributed by atoms with Gasteiger partial charge in [0.05, 0.1) is 20.3 Å². The van der Waals surface area contributed by atoms with Crippen molar-refractivity contribution >= 4 is 40.5 Å². The summed E-state index contributed by atoms with van der Waals surface area (Å²) in [6.45, 7) is 2.01. The van der Waals surface area contributed by atoms with Gasteiger partial charge in [0, 0.05) is 13.0 Å². The van der Waals surface area contributed by atoms with Gasteiger partial charge in [-0.25, -0.2) is 0 Å². The van der Waals surface area contributed by atoms with Crippen molar-refractivity contribution in [2.24, 2.45) is 5.92 Å². The van der Waals surface area contributed by atoms with E-state index >= 15 is 0 Å². The Balaban J connectivity index is 2.42. The Kier molecular flexibility index (Phi) is 3.97. The summed E-state index contributed by atoms with van der Waals surface area (Å²) in [4.78, 5) is 24.5. The fourth-order valence-corrected chi connectivity index (χ4v) is 4.13. The number of nitrogens with one attached hydrogen (secondary N) is 1. The quantitative estimate of drug-likeness (QED) is 0.643. The van der Waals surface area contributed by atoms with Gasteiger partial charge in [-0.1, -0.05) is 6.92 Å². The maximum atomic E-state index is 12.1. The van der Waals surface area contributed by atoms with Crippen molar-refractivity contribution in [3.63, 3.8) is 0 Å². The molecule has 1 aromatic rings. The first-order chi connectivity index (χ1) is 8.60. The number of thiophene rings is 1. The molecule has 18 heavy (non-hydrogen) atoms. The van der Waals surface area contributed by atoms with E-state index in [4.69, 9.17) is 5.73 Å². The standard InChI is InChI=1S/C12H16N2O2S2/c1-3-17-12-7(11(16)14-2)8(13)10(18-12)9(15)6-4-5-6/h6H,3-5,13H2,1-2H3,(H,14,16). The van der Waals surface area contributed by atoms with Crippen molar-refractivity contribution in [3.05, 3.63) is 10.4 Å². The topological polar surface area (TPSA) is 72.2 Å². The second-order valence-corrected chi connectivity index (χ2v) is 6.71.